The fourth-order valence-corrected chi connectivity index (χ4v) is 12.1. The molecule has 0 bridgehead atoms. The predicted molar refractivity (Wildman–Crippen MR) is 174 cm³/mol. The Morgan fingerprint density at radius 2 is 0.522 bits per heavy atom. The lowest BCUT2D eigenvalue weighted by Gasteiger charge is -2.43. The molecule has 3 heterocycles. The van der Waals surface area contributed by atoms with Gasteiger partial charge in [0.15, 0.2) is 0 Å². The van der Waals surface area contributed by atoms with Gasteiger partial charge in [0, 0.05) is 0 Å². The maximum Gasteiger partial charge on any atom is 0.210 e. The molecule has 0 N–H and O–H groups in total. The number of hydrogen-bond donors (Lipinski definition) is 0. The van der Waals surface area contributed by atoms with Gasteiger partial charge in [-0.25, -0.2) is 25.3 Å². The second kappa shape index (κ2) is 9.03. The van der Waals surface area contributed by atoms with E-state index in [0.29, 0.717) is 33.4 Å². The lowest BCUT2D eigenvalue weighted by molar-refractivity contribution is 0.586. The average molecular weight is 660 g/mol. The summed E-state index contributed by atoms with van der Waals surface area (Å²) in [6.45, 7) is 0. The molecule has 3 aliphatic rings. The molecule has 0 fully saturated rings. The molecule has 0 aromatic heterocycles. The maximum atomic E-state index is 14.6. The van der Waals surface area contributed by atoms with Gasteiger partial charge in [0.2, 0.25) is 29.5 Å². The van der Waals surface area contributed by atoms with Gasteiger partial charge in [-0.3, -0.25) is 0 Å². The molecule has 0 atom stereocenters. The zero-order valence-electron chi connectivity index (χ0n) is 23.7. The molecule has 3 aliphatic heterocycles. The second-order valence-corrected chi connectivity index (χ2v) is 17.1. The summed E-state index contributed by atoms with van der Waals surface area (Å²) in [5.41, 5.74) is 2.99. The van der Waals surface area contributed by atoms with Gasteiger partial charge in [0.05, 0.1) is 46.4 Å². The van der Waals surface area contributed by atoms with Crippen molar-refractivity contribution in [2.45, 2.75) is 29.4 Å². The molecule has 7 nitrogen and oxygen atoms in total. The molecule has 0 saturated heterocycles. The molecule has 9 rings (SSSR count). The minimum Gasteiger partial charge on any atom is -0.303 e. The van der Waals surface area contributed by atoms with E-state index in [4.69, 9.17) is 0 Å². The lowest BCUT2D eigenvalue weighted by atomic mass is 10.0. The van der Waals surface area contributed by atoms with Crippen molar-refractivity contribution in [3.05, 3.63) is 127 Å². The van der Waals surface area contributed by atoms with Crippen LogP contribution in [-0.4, -0.2) is 25.3 Å². The summed E-state index contributed by atoms with van der Waals surface area (Å²) in [7, 11) is -13.2. The molecular formula is C36H21NO6S3. The van der Waals surface area contributed by atoms with E-state index in [1.54, 1.807) is 77.7 Å². The van der Waals surface area contributed by atoms with E-state index in [-0.39, 0.29) is 46.4 Å². The van der Waals surface area contributed by atoms with E-state index in [9.17, 15) is 25.3 Å². The number of rotatable bonds is 3. The Bertz CT molecular complexity index is 2270. The third-order valence-electron chi connectivity index (χ3n) is 8.85. The maximum absolute atomic E-state index is 14.6. The van der Waals surface area contributed by atoms with Crippen LogP contribution in [0.15, 0.2) is 157 Å². The molecular weight excluding hydrogens is 639 g/mol. The highest BCUT2D eigenvalue weighted by atomic mass is 32.2. The average Bonchev–Trinajstić information content (AvgIpc) is 3.08. The second-order valence-electron chi connectivity index (χ2n) is 11.4. The highest BCUT2D eigenvalue weighted by Crippen LogP contribution is 2.63. The standard InChI is InChI=1S/C36H21NO6S3/c38-44(39)28-16-25(22-10-4-1-5-11-22)17-29-34(28)37-35-30(44)18-26(23-12-6-2-7-13-23)20-32(35)46(42,43)33-21-27(24-14-8-3-9-15-24)19-31(36(33)37)45(29,40)41/h1-21H. The van der Waals surface area contributed by atoms with Crippen molar-refractivity contribution in [3.63, 3.8) is 0 Å². The molecule has 0 saturated carbocycles. The first-order valence-electron chi connectivity index (χ1n) is 14.3. The van der Waals surface area contributed by atoms with Crippen molar-refractivity contribution in [1.82, 2.24) is 0 Å². The van der Waals surface area contributed by atoms with Crippen LogP contribution >= 0.6 is 0 Å². The largest absolute Gasteiger partial charge is 0.303 e. The van der Waals surface area contributed by atoms with E-state index in [2.05, 4.69) is 0 Å². The Kier molecular flexibility index (Phi) is 5.36. The zero-order valence-corrected chi connectivity index (χ0v) is 26.2. The van der Waals surface area contributed by atoms with Crippen LogP contribution in [0.2, 0.25) is 0 Å². The summed E-state index contributed by atoms with van der Waals surface area (Å²) >= 11 is 0. The third-order valence-corrected chi connectivity index (χ3v) is 14.2. The van der Waals surface area contributed by atoms with Crippen LogP contribution in [0.3, 0.4) is 0 Å². The summed E-state index contributed by atoms with van der Waals surface area (Å²) in [5, 5.41) is 0. The van der Waals surface area contributed by atoms with Crippen LogP contribution in [0.5, 0.6) is 0 Å². The van der Waals surface area contributed by atoms with Crippen molar-refractivity contribution >= 4 is 46.6 Å². The van der Waals surface area contributed by atoms with Gasteiger partial charge >= 0.3 is 0 Å². The summed E-state index contributed by atoms with van der Waals surface area (Å²) in [6, 6.07) is 35.8. The van der Waals surface area contributed by atoms with Crippen molar-refractivity contribution < 1.29 is 25.3 Å². The quantitative estimate of drug-likeness (QED) is 0.192. The predicted octanol–water partition coefficient (Wildman–Crippen LogP) is 7.60. The Morgan fingerprint density at radius 3 is 0.739 bits per heavy atom. The number of nitrogens with zero attached hydrogens (tertiary/aromatic N) is 1. The molecule has 0 spiro atoms. The van der Waals surface area contributed by atoms with Crippen molar-refractivity contribution in [2.75, 3.05) is 4.90 Å². The van der Waals surface area contributed by atoms with Crippen LogP contribution in [0.25, 0.3) is 33.4 Å². The van der Waals surface area contributed by atoms with Crippen LogP contribution < -0.4 is 4.90 Å². The van der Waals surface area contributed by atoms with Crippen LogP contribution in [0.4, 0.5) is 17.1 Å². The monoisotopic (exact) mass is 659 g/mol. The normalized spacial score (nSPS) is 16.8. The highest BCUT2D eigenvalue weighted by molar-refractivity contribution is 7.94. The first kappa shape index (κ1) is 27.3. The molecule has 6 aromatic rings. The SMILES string of the molecule is O=S1(=O)c2cc(-c3ccccc3)cc3c2N2c4c1cc(-c1ccccc1)cc4S(=O)(=O)c1cc(-c4ccccc4)cc(c12)S3(=O)=O. The van der Waals surface area contributed by atoms with E-state index in [1.165, 1.54) is 36.4 Å². The van der Waals surface area contributed by atoms with Gasteiger partial charge in [-0.1, -0.05) is 91.0 Å². The highest BCUT2D eigenvalue weighted by Gasteiger charge is 2.52. The first-order chi connectivity index (χ1) is 22.1. The van der Waals surface area contributed by atoms with Gasteiger partial charge in [-0.15, -0.1) is 0 Å². The molecule has 0 unspecified atom stereocenters. The van der Waals surface area contributed by atoms with E-state index >= 15 is 0 Å². The van der Waals surface area contributed by atoms with Gasteiger partial charge in [0.25, 0.3) is 0 Å². The van der Waals surface area contributed by atoms with Crippen LogP contribution in [0, 0.1) is 0 Å². The van der Waals surface area contributed by atoms with Crippen molar-refractivity contribution in [1.29, 1.82) is 0 Å². The lowest BCUT2D eigenvalue weighted by Crippen LogP contribution is -2.34. The Labute approximate surface area is 265 Å². The zero-order chi connectivity index (χ0) is 31.6. The van der Waals surface area contributed by atoms with Gasteiger partial charge in [-0.05, 0) is 69.8 Å². The van der Waals surface area contributed by atoms with E-state index in [1.807, 2.05) is 18.2 Å². The fraction of sp³-hybridized carbons (Fsp3) is 0. The number of benzene rings is 6. The topological polar surface area (TPSA) is 106 Å². The van der Waals surface area contributed by atoms with Crippen molar-refractivity contribution in [2.24, 2.45) is 0 Å². The molecule has 0 aliphatic carbocycles. The minimum atomic E-state index is -4.41. The minimum absolute atomic E-state index is 0.0583. The third kappa shape index (κ3) is 3.49. The van der Waals surface area contributed by atoms with Crippen molar-refractivity contribution in [3.8, 4) is 33.4 Å². The van der Waals surface area contributed by atoms with Gasteiger partial charge in [0.1, 0.15) is 0 Å². The molecule has 224 valence electrons. The van der Waals surface area contributed by atoms with Gasteiger partial charge < -0.3 is 4.90 Å². The molecule has 10 heteroatoms. The molecule has 46 heavy (non-hydrogen) atoms. The summed E-state index contributed by atoms with van der Waals surface area (Å²) < 4.78 is 87.8. The Balaban J connectivity index is 1.48. The number of hydrogen-bond acceptors (Lipinski definition) is 7. The van der Waals surface area contributed by atoms with Gasteiger partial charge in [-0.2, -0.15) is 0 Å². The number of sulfone groups is 3. The summed E-state index contributed by atoms with van der Waals surface area (Å²) in [5.74, 6) is 0. The molecule has 0 radical (unpaired) electrons. The Hall–Kier alpha value is -5.03. The fourth-order valence-electron chi connectivity index (χ4n) is 6.72. The summed E-state index contributed by atoms with van der Waals surface area (Å²) in [4.78, 5) is 0.372. The van der Waals surface area contributed by atoms with E-state index < -0.39 is 29.5 Å². The molecule has 0 amide bonds. The van der Waals surface area contributed by atoms with Crippen LogP contribution in [-0.2, 0) is 29.5 Å². The van der Waals surface area contributed by atoms with E-state index in [0.717, 1.165) is 0 Å². The Morgan fingerprint density at radius 1 is 0.304 bits per heavy atom. The van der Waals surface area contributed by atoms with Crippen LogP contribution in [0.1, 0.15) is 0 Å². The summed E-state index contributed by atoms with van der Waals surface area (Å²) in [6.07, 6.45) is 0. The smallest absolute Gasteiger partial charge is 0.210 e. The molecule has 6 aromatic carbocycles. The number of anilines is 3. The first-order valence-corrected chi connectivity index (χ1v) is 18.8.